The molecule has 206 valence electrons. The summed E-state index contributed by atoms with van der Waals surface area (Å²) in [5.74, 6) is -0.853. The van der Waals surface area contributed by atoms with Crippen LogP contribution in [0.4, 0.5) is 4.39 Å². The maximum Gasteiger partial charge on any atom is 0.338 e. The van der Waals surface area contributed by atoms with Crippen molar-refractivity contribution in [3.05, 3.63) is 29.6 Å². The van der Waals surface area contributed by atoms with Crippen molar-refractivity contribution in [1.29, 1.82) is 0 Å². The Balaban J connectivity index is 0.000000348. The quantitative estimate of drug-likeness (QED) is 0.374. The van der Waals surface area contributed by atoms with E-state index in [1.807, 2.05) is 0 Å². The number of benzene rings is 1. The van der Waals surface area contributed by atoms with Crippen LogP contribution in [-0.2, 0) is 4.74 Å². The molecule has 2 saturated carbocycles. The summed E-state index contributed by atoms with van der Waals surface area (Å²) >= 11 is 0. The predicted molar refractivity (Wildman–Crippen MR) is 145 cm³/mol. The number of rotatable bonds is 9. The van der Waals surface area contributed by atoms with Crippen LogP contribution >= 0.6 is 24.8 Å². The van der Waals surface area contributed by atoms with Gasteiger partial charge in [-0.15, -0.1) is 24.8 Å². The van der Waals surface area contributed by atoms with Crippen LogP contribution < -0.4 is 10.1 Å². The lowest BCUT2D eigenvalue weighted by Crippen LogP contribution is -2.47. The maximum absolute atomic E-state index is 14.0. The van der Waals surface area contributed by atoms with E-state index in [1.54, 1.807) is 6.92 Å². The molecule has 2 aliphatic carbocycles. The highest BCUT2D eigenvalue weighted by Crippen LogP contribution is 2.27. The number of hydrogen-bond acceptors (Lipinski definition) is 7. The Morgan fingerprint density at radius 1 is 0.972 bits per heavy atom. The van der Waals surface area contributed by atoms with Crippen molar-refractivity contribution in [3.63, 3.8) is 0 Å². The zero-order valence-electron chi connectivity index (χ0n) is 21.5. The fourth-order valence-corrected chi connectivity index (χ4v) is 4.71. The largest absolute Gasteiger partial charge is 0.490 e. The number of piperazine rings is 2. The van der Waals surface area contributed by atoms with Crippen molar-refractivity contribution in [2.24, 2.45) is 0 Å². The lowest BCUT2D eigenvalue weighted by molar-refractivity contribution is 0.0525. The fourth-order valence-electron chi connectivity index (χ4n) is 4.71. The van der Waals surface area contributed by atoms with Gasteiger partial charge in [0.1, 0.15) is 0 Å². The van der Waals surface area contributed by atoms with Gasteiger partial charge in [-0.3, -0.25) is 9.80 Å². The molecule has 7 nitrogen and oxygen atoms in total. The second-order valence-electron chi connectivity index (χ2n) is 9.69. The van der Waals surface area contributed by atoms with E-state index < -0.39 is 11.8 Å². The van der Waals surface area contributed by atoms with Crippen LogP contribution in [0.1, 0.15) is 49.4 Å². The van der Waals surface area contributed by atoms with Gasteiger partial charge in [-0.2, -0.15) is 0 Å². The maximum atomic E-state index is 14.0. The molecule has 2 heterocycles. The van der Waals surface area contributed by atoms with Crippen molar-refractivity contribution >= 4 is 30.8 Å². The highest BCUT2D eigenvalue weighted by Gasteiger charge is 2.31. The van der Waals surface area contributed by atoms with E-state index in [-0.39, 0.29) is 42.7 Å². The summed E-state index contributed by atoms with van der Waals surface area (Å²) in [4.78, 5) is 19.2. The Morgan fingerprint density at radius 2 is 1.58 bits per heavy atom. The summed E-state index contributed by atoms with van der Waals surface area (Å²) in [6, 6.07) is 6.03. The van der Waals surface area contributed by atoms with Crippen LogP contribution in [0.5, 0.6) is 5.75 Å². The molecule has 2 aliphatic heterocycles. The second kappa shape index (κ2) is 15.9. The van der Waals surface area contributed by atoms with Crippen LogP contribution in [0.15, 0.2) is 18.2 Å². The SMILES string of the molecule is C1CN(C2CC2)CCN1.CCOC(=O)c1ccc(OCCCN2CCN(C3CC3)CC2)c(F)c1.Cl.Cl. The summed E-state index contributed by atoms with van der Waals surface area (Å²) in [7, 11) is 0. The molecule has 0 aromatic heterocycles. The molecule has 1 aromatic carbocycles. The normalized spacial score (nSPS) is 20.8. The Kier molecular flexibility index (Phi) is 13.8. The van der Waals surface area contributed by atoms with Gasteiger partial charge >= 0.3 is 5.97 Å². The smallest absolute Gasteiger partial charge is 0.338 e. The van der Waals surface area contributed by atoms with Crippen LogP contribution in [0.3, 0.4) is 0 Å². The summed E-state index contributed by atoms with van der Waals surface area (Å²) in [5, 5.41) is 3.36. The first-order valence-corrected chi connectivity index (χ1v) is 13.1. The number of ether oxygens (including phenoxy) is 2. The lowest BCUT2D eigenvalue weighted by Gasteiger charge is -2.34. The molecule has 4 aliphatic rings. The average Bonchev–Trinajstić information content (AvgIpc) is 3.78. The van der Waals surface area contributed by atoms with Crippen molar-refractivity contribution in [1.82, 2.24) is 20.0 Å². The number of carbonyl (C=O) groups excluding carboxylic acids is 1. The molecule has 36 heavy (non-hydrogen) atoms. The monoisotopic (exact) mass is 548 g/mol. The average molecular weight is 550 g/mol. The van der Waals surface area contributed by atoms with E-state index in [0.717, 1.165) is 51.2 Å². The van der Waals surface area contributed by atoms with Crippen molar-refractivity contribution < 1.29 is 18.7 Å². The highest BCUT2D eigenvalue weighted by molar-refractivity contribution is 5.89. The van der Waals surface area contributed by atoms with Gasteiger partial charge in [0.2, 0.25) is 0 Å². The molecule has 1 N–H and O–H groups in total. The molecule has 0 amide bonds. The molecule has 2 saturated heterocycles. The number of nitrogens with one attached hydrogen (secondary N) is 1. The lowest BCUT2D eigenvalue weighted by atomic mass is 10.2. The summed E-state index contributed by atoms with van der Waals surface area (Å²) < 4.78 is 24.4. The zero-order valence-corrected chi connectivity index (χ0v) is 23.1. The molecule has 0 unspecified atom stereocenters. The zero-order chi connectivity index (χ0) is 23.8. The van der Waals surface area contributed by atoms with E-state index in [1.165, 1.54) is 70.1 Å². The van der Waals surface area contributed by atoms with Crippen molar-refractivity contribution in [2.45, 2.75) is 51.1 Å². The highest BCUT2D eigenvalue weighted by atomic mass is 35.5. The van der Waals surface area contributed by atoms with Crippen molar-refractivity contribution in [2.75, 3.05) is 72.1 Å². The predicted octanol–water partition coefficient (Wildman–Crippen LogP) is 3.45. The Morgan fingerprint density at radius 3 is 2.14 bits per heavy atom. The molecule has 0 bridgehead atoms. The Hall–Kier alpha value is -1.16. The number of carbonyl (C=O) groups is 1. The summed E-state index contributed by atoms with van der Waals surface area (Å²) in [6.07, 6.45) is 6.52. The van der Waals surface area contributed by atoms with Crippen LogP contribution in [0, 0.1) is 5.82 Å². The fraction of sp³-hybridized carbons (Fsp3) is 0.731. The summed E-state index contributed by atoms with van der Waals surface area (Å²) in [5.41, 5.74) is 0.209. The number of nitrogens with zero attached hydrogens (tertiary/aromatic N) is 3. The number of halogens is 3. The second-order valence-corrected chi connectivity index (χ2v) is 9.69. The molecular weight excluding hydrogens is 506 g/mol. The van der Waals surface area contributed by atoms with Crippen LogP contribution in [0.25, 0.3) is 0 Å². The third kappa shape index (κ3) is 9.95. The molecule has 4 fully saturated rings. The molecule has 0 atom stereocenters. The third-order valence-electron chi connectivity index (χ3n) is 7.00. The Labute approximate surface area is 227 Å². The standard InChI is InChI=1S/C19H27FN2O3.C7H14N2.2ClH/c1-2-24-19(23)15-4-7-18(17(20)14-15)25-13-3-8-21-9-11-22(12-10-21)16-5-6-16;1-2-7(1)9-5-3-8-4-6-9;;/h4,7,14,16H,2-3,5-6,8-13H2,1H3;7-8H,1-6H2;2*1H. The topological polar surface area (TPSA) is 57.3 Å². The van der Waals surface area contributed by atoms with E-state index >= 15 is 0 Å². The minimum Gasteiger partial charge on any atom is -0.490 e. The first-order chi connectivity index (χ1) is 16.6. The van der Waals surface area contributed by atoms with Gasteiger partial charge in [-0.25, -0.2) is 9.18 Å². The van der Waals surface area contributed by atoms with Crippen molar-refractivity contribution in [3.8, 4) is 5.75 Å². The van der Waals surface area contributed by atoms with Gasteiger partial charge < -0.3 is 19.7 Å². The number of hydrogen-bond donors (Lipinski definition) is 1. The molecular formula is C26H43Cl2FN4O3. The van der Waals surface area contributed by atoms with Gasteiger partial charge in [0.15, 0.2) is 11.6 Å². The van der Waals surface area contributed by atoms with Crippen LogP contribution in [0.2, 0.25) is 0 Å². The van der Waals surface area contributed by atoms with E-state index in [9.17, 15) is 9.18 Å². The first kappa shape index (κ1) is 31.1. The Bertz CT molecular complexity index is 784. The first-order valence-electron chi connectivity index (χ1n) is 13.1. The van der Waals surface area contributed by atoms with Gasteiger partial charge in [-0.1, -0.05) is 0 Å². The third-order valence-corrected chi connectivity index (χ3v) is 7.00. The minimum atomic E-state index is -0.524. The molecule has 0 spiro atoms. The van der Waals surface area contributed by atoms with Gasteiger partial charge in [0.05, 0.1) is 18.8 Å². The van der Waals surface area contributed by atoms with E-state index in [4.69, 9.17) is 9.47 Å². The molecule has 5 rings (SSSR count). The molecule has 0 radical (unpaired) electrons. The van der Waals surface area contributed by atoms with E-state index in [0.29, 0.717) is 6.61 Å². The number of esters is 1. The van der Waals surface area contributed by atoms with Gasteiger partial charge in [0, 0.05) is 71.0 Å². The van der Waals surface area contributed by atoms with Gasteiger partial charge in [0.25, 0.3) is 0 Å². The minimum absolute atomic E-state index is 0. The van der Waals surface area contributed by atoms with E-state index in [2.05, 4.69) is 20.0 Å². The van der Waals surface area contributed by atoms with Gasteiger partial charge in [-0.05, 0) is 57.2 Å². The molecule has 1 aromatic rings. The van der Waals surface area contributed by atoms with Crippen LogP contribution in [-0.4, -0.2) is 105 Å². The summed E-state index contributed by atoms with van der Waals surface area (Å²) in [6.45, 7) is 13.0. The molecule has 10 heteroatoms.